The third-order valence-electron chi connectivity index (χ3n) is 4.29. The van der Waals surface area contributed by atoms with Crippen molar-refractivity contribution in [3.8, 4) is 5.19 Å². The Hall–Kier alpha value is -3.27. The van der Waals surface area contributed by atoms with Crippen LogP contribution in [0.3, 0.4) is 0 Å². The summed E-state index contributed by atoms with van der Waals surface area (Å²) in [5.74, 6) is -0.522. The molecule has 3 aromatic rings. The second-order valence-corrected chi connectivity index (χ2v) is 7.65. The maximum atomic E-state index is 12.8. The molecule has 10 heteroatoms. The van der Waals surface area contributed by atoms with Crippen LogP contribution < -0.4 is 15.4 Å². The lowest BCUT2D eigenvalue weighted by atomic mass is 9.92. The molecule has 0 saturated heterocycles. The number of nitrogens with zero attached hydrogens (tertiary/aromatic N) is 3. The van der Waals surface area contributed by atoms with E-state index in [2.05, 4.69) is 25.8 Å². The second-order valence-electron chi connectivity index (χ2n) is 6.27. The van der Waals surface area contributed by atoms with Gasteiger partial charge in [-0.3, -0.25) is 15.1 Å². The average molecular weight is 442 g/mol. The maximum Gasteiger partial charge on any atom is 0.296 e. The molecule has 0 aliphatic carbocycles. The third-order valence-corrected chi connectivity index (χ3v) is 5.29. The Kier molecular flexibility index (Phi) is 5.75. The van der Waals surface area contributed by atoms with Gasteiger partial charge in [0.25, 0.3) is 11.1 Å². The summed E-state index contributed by atoms with van der Waals surface area (Å²) < 4.78 is 5.61. The van der Waals surface area contributed by atoms with Crippen LogP contribution in [-0.4, -0.2) is 26.2 Å². The molecular weight excluding hydrogens is 426 g/mol. The highest BCUT2D eigenvalue weighted by molar-refractivity contribution is 7.17. The Balaban J connectivity index is 1.44. The van der Waals surface area contributed by atoms with Gasteiger partial charge in [-0.25, -0.2) is 0 Å². The number of allylic oxidation sites excluding steroid dienone is 2. The Morgan fingerprint density at radius 2 is 1.97 bits per heavy atom. The Labute approximate surface area is 180 Å². The number of aliphatic hydroxyl groups is 1. The van der Waals surface area contributed by atoms with E-state index in [0.29, 0.717) is 22.4 Å². The van der Waals surface area contributed by atoms with Crippen molar-refractivity contribution in [1.29, 1.82) is 0 Å². The molecule has 0 radical (unpaired) electrons. The summed E-state index contributed by atoms with van der Waals surface area (Å²) in [6, 6.07) is 10.5. The van der Waals surface area contributed by atoms with Gasteiger partial charge in [-0.05, 0) is 59.5 Å². The van der Waals surface area contributed by atoms with Crippen molar-refractivity contribution in [3.05, 3.63) is 88.9 Å². The Morgan fingerprint density at radius 1 is 1.20 bits per heavy atom. The van der Waals surface area contributed by atoms with E-state index in [-0.39, 0.29) is 10.7 Å². The van der Waals surface area contributed by atoms with E-state index in [1.54, 1.807) is 36.5 Å². The lowest BCUT2D eigenvalue weighted by Gasteiger charge is -2.32. The lowest BCUT2D eigenvalue weighted by Crippen LogP contribution is -2.46. The molecule has 152 valence electrons. The van der Waals surface area contributed by atoms with Crippen molar-refractivity contribution in [2.24, 2.45) is 0 Å². The van der Waals surface area contributed by atoms with Gasteiger partial charge in [0.1, 0.15) is 6.61 Å². The van der Waals surface area contributed by atoms with Crippen molar-refractivity contribution >= 4 is 34.0 Å². The number of rotatable bonds is 6. The predicted molar refractivity (Wildman–Crippen MR) is 113 cm³/mol. The average Bonchev–Trinajstić information content (AvgIpc) is 3.21. The highest BCUT2D eigenvalue weighted by Gasteiger charge is 2.38. The summed E-state index contributed by atoms with van der Waals surface area (Å²) in [5, 5.41) is 25.6. The fourth-order valence-corrected chi connectivity index (χ4v) is 3.51. The van der Waals surface area contributed by atoms with Crippen LogP contribution in [0.5, 0.6) is 5.19 Å². The number of hydrogen-bond acceptors (Lipinski definition) is 8. The topological polar surface area (TPSA) is 109 Å². The van der Waals surface area contributed by atoms with Crippen LogP contribution in [0.2, 0.25) is 5.02 Å². The number of pyridine rings is 1. The van der Waals surface area contributed by atoms with Crippen molar-refractivity contribution < 1.29 is 14.6 Å². The fourth-order valence-electron chi connectivity index (χ4n) is 2.79. The molecule has 0 spiro atoms. The molecule has 0 fully saturated rings. The smallest absolute Gasteiger partial charge is 0.296 e. The number of carbonyl (C=O) groups is 1. The Bertz CT molecular complexity index is 1100. The zero-order chi connectivity index (χ0) is 21.0. The van der Waals surface area contributed by atoms with Crippen molar-refractivity contribution in [2.45, 2.75) is 12.3 Å². The molecule has 30 heavy (non-hydrogen) atoms. The molecule has 8 nitrogen and oxygen atoms in total. The van der Waals surface area contributed by atoms with E-state index in [0.717, 1.165) is 16.9 Å². The number of aromatic nitrogens is 3. The van der Waals surface area contributed by atoms with E-state index in [9.17, 15) is 9.90 Å². The highest BCUT2D eigenvalue weighted by Crippen LogP contribution is 2.31. The van der Waals surface area contributed by atoms with Crippen LogP contribution >= 0.6 is 22.9 Å². The molecule has 0 saturated carbocycles. The lowest BCUT2D eigenvalue weighted by molar-refractivity contribution is -0.115. The van der Waals surface area contributed by atoms with Gasteiger partial charge in [-0.1, -0.05) is 28.8 Å². The third kappa shape index (κ3) is 4.33. The van der Waals surface area contributed by atoms with Gasteiger partial charge in [0.15, 0.2) is 5.72 Å². The van der Waals surface area contributed by atoms with Gasteiger partial charge in [0.2, 0.25) is 5.13 Å². The van der Waals surface area contributed by atoms with Crippen LogP contribution in [-0.2, 0) is 17.1 Å². The first-order valence-electron chi connectivity index (χ1n) is 8.84. The minimum Gasteiger partial charge on any atom is -0.464 e. The number of benzene rings is 1. The maximum absolute atomic E-state index is 12.8. The second kappa shape index (κ2) is 8.62. The van der Waals surface area contributed by atoms with E-state index >= 15 is 0 Å². The molecular formula is C20H16ClN5O3S. The zero-order valence-electron chi connectivity index (χ0n) is 15.4. The number of carbonyl (C=O) groups excluding carboxylic acids is 1. The monoisotopic (exact) mass is 441 g/mol. The molecule has 1 aliphatic heterocycles. The van der Waals surface area contributed by atoms with E-state index in [1.165, 1.54) is 18.5 Å². The van der Waals surface area contributed by atoms with Crippen molar-refractivity contribution in [3.63, 3.8) is 0 Å². The normalized spacial score (nSPS) is 17.7. The summed E-state index contributed by atoms with van der Waals surface area (Å²) >= 11 is 6.95. The zero-order valence-corrected chi connectivity index (χ0v) is 17.0. The molecule has 3 N–H and O–H groups in total. The molecule has 1 unspecified atom stereocenters. The van der Waals surface area contributed by atoms with Gasteiger partial charge in [-0.15, -0.1) is 5.10 Å². The fraction of sp³-hybridized carbons (Fsp3) is 0.100. The molecule has 1 aromatic carbocycles. The Morgan fingerprint density at radius 3 is 2.73 bits per heavy atom. The number of hydrogen-bond donors (Lipinski definition) is 3. The number of dihydropyridines is 1. The number of anilines is 1. The van der Waals surface area contributed by atoms with E-state index < -0.39 is 11.6 Å². The predicted octanol–water partition coefficient (Wildman–Crippen LogP) is 2.99. The quantitative estimate of drug-likeness (QED) is 0.539. The number of amides is 1. The molecule has 2 aromatic heterocycles. The summed E-state index contributed by atoms with van der Waals surface area (Å²) in [7, 11) is 0. The van der Waals surface area contributed by atoms with Gasteiger partial charge < -0.3 is 15.2 Å². The minimum atomic E-state index is -1.69. The first kappa shape index (κ1) is 20.0. The molecule has 4 rings (SSSR count). The summed E-state index contributed by atoms with van der Waals surface area (Å²) in [6.45, 7) is 0.293. The largest absolute Gasteiger partial charge is 0.464 e. The standard InChI is InChI=1S/C20H16ClN5O3S/c21-15-5-3-13(4-6-15)12-29-19-26-25-18(30-19)24-17(27)16-2-1-9-23-20(16,28)14-7-10-22-11-8-14/h1-11,23,28H,12H2,(H,24,25,27). The number of nitrogens with one attached hydrogen (secondary N) is 2. The first-order chi connectivity index (χ1) is 14.5. The van der Waals surface area contributed by atoms with Gasteiger partial charge in [-0.2, -0.15) is 0 Å². The summed E-state index contributed by atoms with van der Waals surface area (Å²) in [4.78, 5) is 16.8. The molecule has 1 amide bonds. The summed E-state index contributed by atoms with van der Waals surface area (Å²) in [5.41, 5.74) is -0.184. The minimum absolute atomic E-state index is 0.107. The van der Waals surface area contributed by atoms with Crippen LogP contribution in [0, 0.1) is 0 Å². The van der Waals surface area contributed by atoms with E-state index in [4.69, 9.17) is 16.3 Å². The molecule has 0 bridgehead atoms. The van der Waals surface area contributed by atoms with Crippen LogP contribution in [0.15, 0.2) is 72.7 Å². The first-order valence-corrected chi connectivity index (χ1v) is 10.0. The molecule has 1 aliphatic rings. The van der Waals surface area contributed by atoms with Gasteiger partial charge in [0, 0.05) is 23.0 Å². The molecule has 1 atom stereocenters. The van der Waals surface area contributed by atoms with E-state index in [1.807, 2.05) is 12.1 Å². The van der Waals surface area contributed by atoms with Crippen molar-refractivity contribution in [2.75, 3.05) is 5.32 Å². The summed E-state index contributed by atoms with van der Waals surface area (Å²) in [6.07, 6.45) is 7.80. The SMILES string of the molecule is O=C(Nc1nnc(OCc2ccc(Cl)cc2)s1)C1=CC=CNC1(O)c1ccncc1. The van der Waals surface area contributed by atoms with Gasteiger partial charge >= 0.3 is 0 Å². The molecule has 3 heterocycles. The number of ether oxygens (including phenoxy) is 1. The highest BCUT2D eigenvalue weighted by atomic mass is 35.5. The number of halogens is 1. The van der Waals surface area contributed by atoms with Crippen LogP contribution in [0.25, 0.3) is 0 Å². The van der Waals surface area contributed by atoms with Crippen molar-refractivity contribution in [1.82, 2.24) is 20.5 Å². The van der Waals surface area contributed by atoms with Crippen LogP contribution in [0.1, 0.15) is 11.1 Å². The van der Waals surface area contributed by atoms with Gasteiger partial charge in [0.05, 0.1) is 5.57 Å². The van der Waals surface area contributed by atoms with Crippen LogP contribution in [0.4, 0.5) is 5.13 Å².